The second-order valence-corrected chi connectivity index (χ2v) is 10.5. The van der Waals surface area contributed by atoms with Gasteiger partial charge in [0, 0.05) is 41.8 Å². The maximum absolute atomic E-state index is 11.6. The molecule has 0 aromatic heterocycles. The maximum Gasteiger partial charge on any atom is 0.267 e. The van der Waals surface area contributed by atoms with E-state index >= 15 is 0 Å². The van der Waals surface area contributed by atoms with Gasteiger partial charge >= 0.3 is 0 Å². The van der Waals surface area contributed by atoms with Crippen LogP contribution in [0.25, 0.3) is 0 Å². The van der Waals surface area contributed by atoms with E-state index in [0.717, 1.165) is 36.4 Å². The Kier molecular flexibility index (Phi) is 6.57. The van der Waals surface area contributed by atoms with Gasteiger partial charge < -0.3 is 70.4 Å². The highest BCUT2D eigenvalue weighted by molar-refractivity contribution is 5.57. The number of aromatic hydroxyl groups is 9. The van der Waals surface area contributed by atoms with Crippen molar-refractivity contribution in [1.82, 2.24) is 0 Å². The van der Waals surface area contributed by atoms with Gasteiger partial charge in [-0.3, -0.25) is 0 Å². The van der Waals surface area contributed by atoms with Crippen molar-refractivity contribution in [2.24, 2.45) is 0 Å². The second kappa shape index (κ2) is 10.1. The maximum atomic E-state index is 11.6. The predicted octanol–water partition coefficient (Wildman–Crippen LogP) is 2.44. The number of aliphatic hydroxyl groups excluding tert-OH is 2. The van der Waals surface area contributed by atoms with Crippen LogP contribution in [0.15, 0.2) is 54.6 Å². The highest BCUT2D eigenvalue weighted by atomic mass is 16.7. The van der Waals surface area contributed by atoms with Crippen molar-refractivity contribution in [3.8, 4) is 63.2 Å². The molecule has 4 aromatic carbocycles. The van der Waals surface area contributed by atoms with Crippen LogP contribution in [0.4, 0.5) is 0 Å². The van der Waals surface area contributed by atoms with Gasteiger partial charge in [-0.1, -0.05) is 6.07 Å². The molecule has 6 rings (SSSR count). The molecule has 0 aliphatic carbocycles. The second-order valence-electron chi connectivity index (χ2n) is 10.5. The lowest BCUT2D eigenvalue weighted by Gasteiger charge is -2.47. The lowest BCUT2D eigenvalue weighted by Crippen LogP contribution is -2.55. The molecular formula is C30H26O14. The first kappa shape index (κ1) is 28.7. The lowest BCUT2D eigenvalue weighted by molar-refractivity contribution is -0.307. The van der Waals surface area contributed by atoms with E-state index < -0.39 is 70.4 Å². The van der Waals surface area contributed by atoms with Crippen molar-refractivity contribution in [3.05, 3.63) is 76.9 Å². The van der Waals surface area contributed by atoms with E-state index in [2.05, 4.69) is 0 Å². The summed E-state index contributed by atoms with van der Waals surface area (Å²) in [5.41, 5.74) is -0.328. The molecule has 0 saturated carbocycles. The van der Waals surface area contributed by atoms with Crippen LogP contribution >= 0.6 is 0 Å². The molecular weight excluding hydrogens is 584 g/mol. The molecule has 14 heteroatoms. The minimum absolute atomic E-state index is 0.0271. The fraction of sp³-hybridized carbons (Fsp3) is 0.200. The third-order valence-corrected chi connectivity index (χ3v) is 7.64. The number of hydrogen-bond acceptors (Lipinski definition) is 14. The Morgan fingerprint density at radius 1 is 0.659 bits per heavy atom. The van der Waals surface area contributed by atoms with E-state index in [1.807, 2.05) is 0 Å². The molecule has 0 radical (unpaired) electrons. The summed E-state index contributed by atoms with van der Waals surface area (Å²) in [7, 11) is 0. The number of aliphatic hydroxyl groups is 2. The minimum Gasteiger partial charge on any atom is -0.508 e. The molecule has 14 nitrogen and oxygen atoms in total. The fourth-order valence-corrected chi connectivity index (χ4v) is 5.54. The van der Waals surface area contributed by atoms with E-state index in [1.165, 1.54) is 18.2 Å². The van der Waals surface area contributed by atoms with Gasteiger partial charge in [0.05, 0.1) is 5.56 Å². The standard InChI is InChI=1S/C30H26O14/c31-13-6-17(34)15-10-24(28(42-22(15)8-13)11-1-2-16(33)18(35)3-11)44-30(12-4-20(37)26(39)21(38)5-12)29(41)27(40)25-19(36)7-14(32)9-23(25)43-30/h1-9,24,27-29,31-41H,10H2/t24-,27+,28+,29-,30-/m1/s1. The third-order valence-electron chi connectivity index (χ3n) is 7.64. The molecule has 230 valence electrons. The average Bonchev–Trinajstić information content (AvgIpc) is 2.95. The Morgan fingerprint density at radius 3 is 1.95 bits per heavy atom. The molecule has 2 aliphatic rings. The number of phenols is 9. The third kappa shape index (κ3) is 4.48. The smallest absolute Gasteiger partial charge is 0.267 e. The zero-order chi connectivity index (χ0) is 31.7. The average molecular weight is 611 g/mol. The molecule has 0 saturated heterocycles. The molecule has 5 atom stereocenters. The summed E-state index contributed by atoms with van der Waals surface area (Å²) >= 11 is 0. The van der Waals surface area contributed by atoms with Crippen LogP contribution in [0.2, 0.25) is 0 Å². The largest absolute Gasteiger partial charge is 0.508 e. The Bertz CT molecular complexity index is 1770. The quantitative estimate of drug-likeness (QED) is 0.149. The summed E-state index contributed by atoms with van der Waals surface area (Å²) in [6.07, 6.45) is -6.89. The number of benzene rings is 4. The predicted molar refractivity (Wildman–Crippen MR) is 146 cm³/mol. The van der Waals surface area contributed by atoms with Gasteiger partial charge in [0.1, 0.15) is 46.7 Å². The van der Waals surface area contributed by atoms with E-state index in [-0.39, 0.29) is 51.7 Å². The molecule has 0 fully saturated rings. The van der Waals surface area contributed by atoms with E-state index in [1.54, 1.807) is 0 Å². The van der Waals surface area contributed by atoms with E-state index in [4.69, 9.17) is 14.2 Å². The Balaban J connectivity index is 1.56. The number of ether oxygens (including phenoxy) is 3. The zero-order valence-electron chi connectivity index (χ0n) is 22.4. The minimum atomic E-state index is -2.59. The first-order valence-corrected chi connectivity index (χ1v) is 13.1. The van der Waals surface area contributed by atoms with Crippen LogP contribution in [0.3, 0.4) is 0 Å². The zero-order valence-corrected chi connectivity index (χ0v) is 22.4. The first-order chi connectivity index (χ1) is 20.8. The fourth-order valence-electron chi connectivity index (χ4n) is 5.54. The summed E-state index contributed by atoms with van der Waals surface area (Å²) in [5.74, 6) is -8.39. The first-order valence-electron chi connectivity index (χ1n) is 13.1. The van der Waals surface area contributed by atoms with E-state index in [0.29, 0.717) is 0 Å². The van der Waals surface area contributed by atoms with Crippen molar-refractivity contribution in [2.75, 3.05) is 0 Å². The summed E-state index contributed by atoms with van der Waals surface area (Å²) in [4.78, 5) is 0. The van der Waals surface area contributed by atoms with Crippen LogP contribution in [-0.2, 0) is 16.9 Å². The van der Waals surface area contributed by atoms with Gasteiger partial charge in [-0.25, -0.2) is 0 Å². The number of hydrogen-bond donors (Lipinski definition) is 11. The SMILES string of the molecule is Oc1cc(O)c2c(c1)O[C@@H](c1ccc(O)c(O)c1)[C@H](O[C@@]1(c3cc(O)c(O)c(O)c3)Oc3cc(O)cc(O)c3[C@H](O)[C@H]1O)C2. The summed E-state index contributed by atoms with van der Waals surface area (Å²) in [5, 5.41) is 115. The normalized spacial score (nSPS) is 24.0. The summed E-state index contributed by atoms with van der Waals surface area (Å²) in [6, 6.07) is 9.67. The number of phenolic OH excluding ortho intramolecular Hbond substituents is 9. The highest BCUT2D eigenvalue weighted by Crippen LogP contribution is 2.54. The van der Waals surface area contributed by atoms with Gasteiger partial charge in [-0.05, 0) is 29.8 Å². The number of fused-ring (bicyclic) bond motifs is 2. The summed E-state index contributed by atoms with van der Waals surface area (Å²) < 4.78 is 18.6. The molecule has 0 spiro atoms. The Labute approximate surface area is 247 Å². The van der Waals surface area contributed by atoms with Gasteiger partial charge in [-0.15, -0.1) is 0 Å². The number of rotatable bonds is 4. The van der Waals surface area contributed by atoms with Gasteiger partial charge in [0.25, 0.3) is 5.79 Å². The highest BCUT2D eigenvalue weighted by Gasteiger charge is 2.56. The molecule has 0 unspecified atom stereocenters. The molecule has 11 N–H and O–H groups in total. The van der Waals surface area contributed by atoms with E-state index in [9.17, 15) is 56.2 Å². The van der Waals surface area contributed by atoms with Crippen LogP contribution < -0.4 is 9.47 Å². The molecule has 0 bridgehead atoms. The van der Waals surface area contributed by atoms with Crippen molar-refractivity contribution in [1.29, 1.82) is 0 Å². The van der Waals surface area contributed by atoms with Crippen LogP contribution in [0, 0.1) is 0 Å². The topological polar surface area (TPSA) is 250 Å². The van der Waals surface area contributed by atoms with Crippen molar-refractivity contribution < 1.29 is 70.4 Å². The van der Waals surface area contributed by atoms with Gasteiger partial charge in [0.2, 0.25) is 0 Å². The molecule has 44 heavy (non-hydrogen) atoms. The Hall–Kier alpha value is -5.44. The molecule has 2 aliphatic heterocycles. The monoisotopic (exact) mass is 610 g/mol. The molecule has 2 heterocycles. The molecule has 4 aromatic rings. The Morgan fingerprint density at radius 2 is 1.30 bits per heavy atom. The summed E-state index contributed by atoms with van der Waals surface area (Å²) in [6.45, 7) is 0. The molecule has 0 amide bonds. The van der Waals surface area contributed by atoms with Crippen LogP contribution in [0.5, 0.6) is 63.2 Å². The van der Waals surface area contributed by atoms with Crippen LogP contribution in [0.1, 0.15) is 34.5 Å². The van der Waals surface area contributed by atoms with Crippen molar-refractivity contribution >= 4 is 0 Å². The van der Waals surface area contributed by atoms with Gasteiger partial charge in [-0.2, -0.15) is 0 Å². The van der Waals surface area contributed by atoms with Crippen molar-refractivity contribution in [3.63, 3.8) is 0 Å². The van der Waals surface area contributed by atoms with Crippen LogP contribution in [-0.4, -0.2) is 68.4 Å². The van der Waals surface area contributed by atoms with Gasteiger partial charge in [0.15, 0.2) is 41.0 Å². The lowest BCUT2D eigenvalue weighted by atomic mass is 9.86. The van der Waals surface area contributed by atoms with Crippen molar-refractivity contribution in [2.45, 2.75) is 36.6 Å².